The summed E-state index contributed by atoms with van der Waals surface area (Å²) in [5, 5.41) is 4.69. The SMILES string of the molecule is CCOC(=O)CCC(=O)NCCc1cscn1. The predicted molar refractivity (Wildman–Crippen MR) is 64.7 cm³/mol. The summed E-state index contributed by atoms with van der Waals surface area (Å²) in [6, 6.07) is 0. The van der Waals surface area contributed by atoms with E-state index in [1.165, 1.54) is 11.3 Å². The first kappa shape index (κ1) is 13.6. The molecule has 6 heteroatoms. The van der Waals surface area contributed by atoms with Crippen molar-refractivity contribution in [3.05, 3.63) is 16.6 Å². The van der Waals surface area contributed by atoms with Crippen LogP contribution in [-0.2, 0) is 20.7 Å². The predicted octanol–water partition coefficient (Wildman–Crippen LogP) is 1.15. The second-order valence-corrected chi connectivity index (χ2v) is 4.10. The van der Waals surface area contributed by atoms with Crippen LogP contribution in [0.5, 0.6) is 0 Å². The van der Waals surface area contributed by atoms with Crippen LogP contribution in [0.3, 0.4) is 0 Å². The van der Waals surface area contributed by atoms with Gasteiger partial charge in [0.1, 0.15) is 0 Å². The van der Waals surface area contributed by atoms with Crippen LogP contribution in [0, 0.1) is 0 Å². The van der Waals surface area contributed by atoms with E-state index in [2.05, 4.69) is 10.3 Å². The molecule has 1 aromatic heterocycles. The quantitative estimate of drug-likeness (QED) is 0.743. The Labute approximate surface area is 104 Å². The highest BCUT2D eigenvalue weighted by Gasteiger charge is 2.06. The van der Waals surface area contributed by atoms with Gasteiger partial charge in [-0.2, -0.15) is 0 Å². The van der Waals surface area contributed by atoms with Gasteiger partial charge >= 0.3 is 5.97 Å². The zero-order valence-corrected chi connectivity index (χ0v) is 10.6. The molecule has 1 amide bonds. The summed E-state index contributed by atoms with van der Waals surface area (Å²) in [7, 11) is 0. The van der Waals surface area contributed by atoms with Crippen LogP contribution in [0.1, 0.15) is 25.5 Å². The van der Waals surface area contributed by atoms with E-state index in [4.69, 9.17) is 4.74 Å². The number of ether oxygens (including phenoxy) is 1. The van der Waals surface area contributed by atoms with Crippen molar-refractivity contribution in [3.8, 4) is 0 Å². The van der Waals surface area contributed by atoms with Crippen LogP contribution in [0.25, 0.3) is 0 Å². The Kier molecular flexibility index (Phi) is 6.24. The van der Waals surface area contributed by atoms with E-state index >= 15 is 0 Å². The van der Waals surface area contributed by atoms with Crippen LogP contribution in [0.4, 0.5) is 0 Å². The molecule has 0 radical (unpaired) electrons. The Bertz CT molecular complexity index is 352. The first-order valence-electron chi connectivity index (χ1n) is 5.51. The molecule has 0 saturated heterocycles. The summed E-state index contributed by atoms with van der Waals surface area (Å²) >= 11 is 1.53. The molecule has 0 bridgehead atoms. The number of aromatic nitrogens is 1. The Morgan fingerprint density at radius 3 is 2.94 bits per heavy atom. The molecule has 5 nitrogen and oxygen atoms in total. The summed E-state index contributed by atoms with van der Waals surface area (Å²) in [5.74, 6) is -0.463. The second-order valence-electron chi connectivity index (χ2n) is 3.38. The van der Waals surface area contributed by atoms with Crippen molar-refractivity contribution in [2.45, 2.75) is 26.2 Å². The van der Waals surface area contributed by atoms with E-state index in [0.29, 0.717) is 19.6 Å². The van der Waals surface area contributed by atoms with Crippen LogP contribution < -0.4 is 5.32 Å². The summed E-state index contributed by atoms with van der Waals surface area (Å²) < 4.78 is 4.73. The van der Waals surface area contributed by atoms with E-state index in [1.807, 2.05) is 5.38 Å². The molecular formula is C11H16N2O3S. The number of thiazole rings is 1. The number of hydrogen-bond acceptors (Lipinski definition) is 5. The Hall–Kier alpha value is -1.43. The van der Waals surface area contributed by atoms with Gasteiger partial charge < -0.3 is 10.1 Å². The van der Waals surface area contributed by atoms with Gasteiger partial charge in [-0.05, 0) is 6.92 Å². The van der Waals surface area contributed by atoms with Gasteiger partial charge in [0.2, 0.25) is 5.91 Å². The minimum absolute atomic E-state index is 0.131. The lowest BCUT2D eigenvalue weighted by Gasteiger charge is -2.04. The number of esters is 1. The van der Waals surface area contributed by atoms with Crippen molar-refractivity contribution in [3.63, 3.8) is 0 Å². The zero-order chi connectivity index (χ0) is 12.5. The third-order valence-corrected chi connectivity index (χ3v) is 2.68. The van der Waals surface area contributed by atoms with E-state index in [-0.39, 0.29) is 24.7 Å². The number of rotatable bonds is 7. The van der Waals surface area contributed by atoms with Crippen molar-refractivity contribution in [1.29, 1.82) is 0 Å². The molecule has 94 valence electrons. The number of carbonyl (C=O) groups is 2. The van der Waals surface area contributed by atoms with Gasteiger partial charge in [0.05, 0.1) is 24.2 Å². The molecule has 1 N–H and O–H groups in total. The molecule has 0 aliphatic heterocycles. The highest BCUT2D eigenvalue weighted by molar-refractivity contribution is 7.07. The van der Waals surface area contributed by atoms with E-state index in [0.717, 1.165) is 5.69 Å². The molecule has 1 heterocycles. The number of carbonyl (C=O) groups excluding carboxylic acids is 2. The second kappa shape index (κ2) is 7.78. The summed E-state index contributed by atoms with van der Waals surface area (Å²) in [5.41, 5.74) is 2.73. The molecular weight excluding hydrogens is 240 g/mol. The van der Waals surface area contributed by atoms with Gasteiger partial charge in [-0.3, -0.25) is 9.59 Å². The fraction of sp³-hybridized carbons (Fsp3) is 0.545. The molecule has 0 unspecified atom stereocenters. The molecule has 17 heavy (non-hydrogen) atoms. The standard InChI is InChI=1S/C11H16N2O3S/c1-2-16-11(15)4-3-10(14)12-6-5-9-7-17-8-13-9/h7-8H,2-6H2,1H3,(H,12,14). The maximum Gasteiger partial charge on any atom is 0.306 e. The minimum atomic E-state index is -0.331. The highest BCUT2D eigenvalue weighted by atomic mass is 32.1. The number of nitrogens with one attached hydrogen (secondary N) is 1. The maximum atomic E-state index is 11.3. The number of nitrogens with zero attached hydrogens (tertiary/aromatic N) is 1. The van der Waals surface area contributed by atoms with Crippen molar-refractivity contribution >= 4 is 23.2 Å². The normalized spacial score (nSPS) is 9.94. The zero-order valence-electron chi connectivity index (χ0n) is 9.77. The summed E-state index contributed by atoms with van der Waals surface area (Å²) in [6.45, 7) is 2.64. The van der Waals surface area contributed by atoms with Gasteiger partial charge in [0.15, 0.2) is 0 Å². The average molecular weight is 256 g/mol. The van der Waals surface area contributed by atoms with Gasteiger partial charge in [0.25, 0.3) is 0 Å². The van der Waals surface area contributed by atoms with E-state index in [1.54, 1.807) is 12.4 Å². The molecule has 0 fully saturated rings. The first-order valence-corrected chi connectivity index (χ1v) is 6.46. The number of amides is 1. The smallest absolute Gasteiger partial charge is 0.306 e. The molecule has 0 aliphatic rings. The monoisotopic (exact) mass is 256 g/mol. The minimum Gasteiger partial charge on any atom is -0.466 e. The Morgan fingerprint density at radius 2 is 2.29 bits per heavy atom. The van der Waals surface area contributed by atoms with Crippen LogP contribution in [-0.4, -0.2) is 30.0 Å². The van der Waals surface area contributed by atoms with Crippen molar-refractivity contribution in [1.82, 2.24) is 10.3 Å². The van der Waals surface area contributed by atoms with Gasteiger partial charge in [0, 0.05) is 24.8 Å². The Morgan fingerprint density at radius 1 is 1.47 bits per heavy atom. The third-order valence-electron chi connectivity index (χ3n) is 2.05. The molecule has 0 atom stereocenters. The molecule has 0 aliphatic carbocycles. The largest absolute Gasteiger partial charge is 0.466 e. The molecule has 0 aromatic carbocycles. The van der Waals surface area contributed by atoms with Crippen LogP contribution in [0.15, 0.2) is 10.9 Å². The first-order chi connectivity index (χ1) is 8.22. The van der Waals surface area contributed by atoms with E-state index in [9.17, 15) is 9.59 Å². The Balaban J connectivity index is 2.07. The maximum absolute atomic E-state index is 11.3. The lowest BCUT2D eigenvalue weighted by Crippen LogP contribution is -2.26. The average Bonchev–Trinajstić information content (AvgIpc) is 2.80. The fourth-order valence-corrected chi connectivity index (χ4v) is 1.82. The van der Waals surface area contributed by atoms with Crippen molar-refractivity contribution in [2.24, 2.45) is 0 Å². The van der Waals surface area contributed by atoms with Gasteiger partial charge in [-0.15, -0.1) is 11.3 Å². The lowest BCUT2D eigenvalue weighted by atomic mass is 10.3. The van der Waals surface area contributed by atoms with Crippen molar-refractivity contribution in [2.75, 3.05) is 13.2 Å². The van der Waals surface area contributed by atoms with Gasteiger partial charge in [-0.25, -0.2) is 4.98 Å². The molecule has 0 saturated carbocycles. The molecule has 1 rings (SSSR count). The van der Waals surface area contributed by atoms with Crippen LogP contribution >= 0.6 is 11.3 Å². The summed E-state index contributed by atoms with van der Waals surface area (Å²) in [4.78, 5) is 26.4. The van der Waals surface area contributed by atoms with E-state index < -0.39 is 0 Å². The van der Waals surface area contributed by atoms with Crippen LogP contribution in [0.2, 0.25) is 0 Å². The highest BCUT2D eigenvalue weighted by Crippen LogP contribution is 2.00. The summed E-state index contributed by atoms with van der Waals surface area (Å²) in [6.07, 6.45) is 1.03. The fourth-order valence-electron chi connectivity index (χ4n) is 1.23. The topological polar surface area (TPSA) is 68.3 Å². The van der Waals surface area contributed by atoms with Gasteiger partial charge in [-0.1, -0.05) is 0 Å². The number of hydrogen-bond donors (Lipinski definition) is 1. The lowest BCUT2D eigenvalue weighted by molar-refractivity contribution is -0.144. The van der Waals surface area contributed by atoms with Crippen molar-refractivity contribution < 1.29 is 14.3 Å². The molecule has 1 aromatic rings. The third kappa shape index (κ3) is 6.01. The molecule has 0 spiro atoms.